The molecule has 0 unspecified atom stereocenters. The van der Waals surface area contributed by atoms with Crippen LogP contribution in [0.2, 0.25) is 0 Å². The molecule has 1 fully saturated rings. The van der Waals surface area contributed by atoms with Crippen molar-refractivity contribution in [3.05, 3.63) is 12.7 Å². The van der Waals surface area contributed by atoms with Gasteiger partial charge in [0.15, 0.2) is 11.5 Å². The molecule has 1 aliphatic rings. The minimum atomic E-state index is -0.241. The SMILES string of the molecule is CN1C[C@@H](CO)O[C@@H](n2cnc3c(N)ncnc32)C1. The van der Waals surface area contributed by atoms with Gasteiger partial charge in [-0.15, -0.1) is 0 Å². The van der Waals surface area contributed by atoms with Crippen molar-refractivity contribution in [2.45, 2.75) is 12.3 Å². The molecule has 102 valence electrons. The number of aliphatic hydroxyl groups excluding tert-OH is 1. The number of imidazole rings is 1. The highest BCUT2D eigenvalue weighted by atomic mass is 16.5. The summed E-state index contributed by atoms with van der Waals surface area (Å²) in [5, 5.41) is 9.26. The number of nitrogens with two attached hydrogens (primary N) is 1. The molecule has 3 N–H and O–H groups in total. The van der Waals surface area contributed by atoms with E-state index >= 15 is 0 Å². The first-order valence-electron chi connectivity index (χ1n) is 6.07. The molecule has 8 nitrogen and oxygen atoms in total. The van der Waals surface area contributed by atoms with E-state index < -0.39 is 0 Å². The molecule has 2 aromatic heterocycles. The van der Waals surface area contributed by atoms with Crippen LogP contribution >= 0.6 is 0 Å². The number of hydrogen-bond acceptors (Lipinski definition) is 7. The van der Waals surface area contributed by atoms with Crippen molar-refractivity contribution in [1.82, 2.24) is 24.4 Å². The summed E-state index contributed by atoms with van der Waals surface area (Å²) in [5.41, 5.74) is 6.97. The lowest BCUT2D eigenvalue weighted by Crippen LogP contribution is -2.45. The van der Waals surface area contributed by atoms with Gasteiger partial charge >= 0.3 is 0 Å². The Hall–Kier alpha value is -1.77. The Morgan fingerprint density at radius 2 is 2.26 bits per heavy atom. The number of likely N-dealkylation sites (N-methyl/N-ethyl adjacent to an activating group) is 1. The summed E-state index contributed by atoms with van der Waals surface area (Å²) in [5.74, 6) is 0.353. The smallest absolute Gasteiger partial charge is 0.167 e. The normalized spacial score (nSPS) is 24.9. The topological polar surface area (TPSA) is 102 Å². The molecule has 19 heavy (non-hydrogen) atoms. The Balaban J connectivity index is 1.97. The highest BCUT2D eigenvalue weighted by Gasteiger charge is 2.28. The number of hydrogen-bond donors (Lipinski definition) is 2. The molecule has 0 saturated carbocycles. The van der Waals surface area contributed by atoms with Crippen molar-refractivity contribution in [2.75, 3.05) is 32.5 Å². The summed E-state index contributed by atoms with van der Waals surface area (Å²) < 4.78 is 7.65. The average Bonchev–Trinajstić information content (AvgIpc) is 2.83. The van der Waals surface area contributed by atoms with E-state index in [1.54, 1.807) is 6.33 Å². The number of rotatable bonds is 2. The van der Waals surface area contributed by atoms with Crippen molar-refractivity contribution < 1.29 is 9.84 Å². The number of aromatic nitrogens is 4. The van der Waals surface area contributed by atoms with Gasteiger partial charge < -0.3 is 15.6 Å². The van der Waals surface area contributed by atoms with Crippen molar-refractivity contribution >= 4 is 17.0 Å². The standard InChI is InChI=1S/C11H16N6O2/c1-16-2-7(4-18)19-8(3-16)17-6-15-9-10(12)13-5-14-11(9)17/h5-8,18H,2-4H2,1H3,(H2,12,13,14)/t7-,8+/m0/s1. The van der Waals surface area contributed by atoms with E-state index in [2.05, 4.69) is 19.9 Å². The first kappa shape index (κ1) is 12.3. The number of morpholine rings is 1. The van der Waals surface area contributed by atoms with Gasteiger partial charge in [0.25, 0.3) is 0 Å². The average molecular weight is 264 g/mol. The summed E-state index contributed by atoms with van der Waals surface area (Å²) >= 11 is 0. The van der Waals surface area contributed by atoms with Crippen LogP contribution in [0, 0.1) is 0 Å². The van der Waals surface area contributed by atoms with Crippen LogP contribution in [0.15, 0.2) is 12.7 Å². The molecule has 3 heterocycles. The zero-order valence-corrected chi connectivity index (χ0v) is 10.6. The van der Waals surface area contributed by atoms with Crippen molar-refractivity contribution in [3.63, 3.8) is 0 Å². The molecule has 1 aliphatic heterocycles. The maximum atomic E-state index is 9.26. The third-order valence-corrected chi connectivity index (χ3v) is 3.23. The highest BCUT2D eigenvalue weighted by Crippen LogP contribution is 2.23. The summed E-state index contributed by atoms with van der Waals surface area (Å²) in [6.07, 6.45) is 2.61. The van der Waals surface area contributed by atoms with Gasteiger partial charge in [-0.1, -0.05) is 0 Å². The fraction of sp³-hybridized carbons (Fsp3) is 0.545. The van der Waals surface area contributed by atoms with E-state index in [1.165, 1.54) is 6.33 Å². The minimum Gasteiger partial charge on any atom is -0.394 e. The fourth-order valence-corrected chi connectivity index (χ4v) is 2.33. The zero-order valence-electron chi connectivity index (χ0n) is 10.6. The fourth-order valence-electron chi connectivity index (χ4n) is 2.33. The lowest BCUT2D eigenvalue weighted by atomic mass is 10.3. The second-order valence-corrected chi connectivity index (χ2v) is 4.70. The van der Waals surface area contributed by atoms with Gasteiger partial charge in [-0.25, -0.2) is 15.0 Å². The molecule has 2 aromatic rings. The number of nitrogen functional groups attached to an aromatic ring is 1. The lowest BCUT2D eigenvalue weighted by Gasteiger charge is -2.35. The van der Waals surface area contributed by atoms with Gasteiger partial charge in [0.05, 0.1) is 19.0 Å². The highest BCUT2D eigenvalue weighted by molar-refractivity contribution is 5.81. The molecular weight excluding hydrogens is 248 g/mol. The van der Waals surface area contributed by atoms with Crippen LogP contribution in [0.4, 0.5) is 5.82 Å². The maximum absolute atomic E-state index is 9.26. The molecular formula is C11H16N6O2. The Morgan fingerprint density at radius 3 is 3.05 bits per heavy atom. The molecule has 0 aliphatic carbocycles. The van der Waals surface area contributed by atoms with Crippen molar-refractivity contribution in [2.24, 2.45) is 0 Å². The van der Waals surface area contributed by atoms with E-state index in [9.17, 15) is 5.11 Å². The Labute approximate surface area is 109 Å². The van der Waals surface area contributed by atoms with Crippen molar-refractivity contribution in [3.8, 4) is 0 Å². The van der Waals surface area contributed by atoms with E-state index in [0.717, 1.165) is 0 Å². The Bertz CT molecular complexity index is 586. The van der Waals surface area contributed by atoms with E-state index in [0.29, 0.717) is 30.1 Å². The molecule has 8 heteroatoms. The zero-order chi connectivity index (χ0) is 13.4. The second-order valence-electron chi connectivity index (χ2n) is 4.70. The van der Waals surface area contributed by atoms with Crippen LogP contribution in [-0.2, 0) is 4.74 Å². The Morgan fingerprint density at radius 1 is 1.42 bits per heavy atom. The second kappa shape index (κ2) is 4.72. The lowest BCUT2D eigenvalue weighted by molar-refractivity contribution is -0.127. The van der Waals surface area contributed by atoms with Crippen molar-refractivity contribution in [1.29, 1.82) is 0 Å². The van der Waals surface area contributed by atoms with Gasteiger partial charge in [0, 0.05) is 13.1 Å². The number of nitrogens with zero attached hydrogens (tertiary/aromatic N) is 5. The maximum Gasteiger partial charge on any atom is 0.167 e. The van der Waals surface area contributed by atoms with Crippen LogP contribution in [0.1, 0.15) is 6.23 Å². The number of aliphatic hydroxyl groups is 1. The van der Waals surface area contributed by atoms with Crippen LogP contribution in [0.5, 0.6) is 0 Å². The molecule has 0 spiro atoms. The van der Waals surface area contributed by atoms with E-state index in [-0.39, 0.29) is 18.9 Å². The molecule has 0 radical (unpaired) electrons. The van der Waals surface area contributed by atoms with Gasteiger partial charge in [-0.3, -0.25) is 9.47 Å². The first-order valence-corrected chi connectivity index (χ1v) is 6.07. The molecule has 1 saturated heterocycles. The molecule has 3 rings (SSSR count). The monoisotopic (exact) mass is 264 g/mol. The third-order valence-electron chi connectivity index (χ3n) is 3.23. The summed E-state index contributed by atoms with van der Waals surface area (Å²) in [4.78, 5) is 14.4. The van der Waals surface area contributed by atoms with Gasteiger partial charge in [0.2, 0.25) is 0 Å². The molecule has 0 bridgehead atoms. The quantitative estimate of drug-likeness (QED) is 0.734. The first-order chi connectivity index (χ1) is 9.19. The number of ether oxygens (including phenoxy) is 1. The van der Waals surface area contributed by atoms with E-state index in [4.69, 9.17) is 10.5 Å². The van der Waals surface area contributed by atoms with Crippen LogP contribution in [-0.4, -0.2) is 62.4 Å². The Kier molecular flexibility index (Phi) is 3.05. The third kappa shape index (κ3) is 2.14. The molecule has 2 atom stereocenters. The van der Waals surface area contributed by atoms with Crippen LogP contribution in [0.25, 0.3) is 11.2 Å². The minimum absolute atomic E-state index is 0.00933. The molecule has 0 aromatic carbocycles. The molecule has 0 amide bonds. The van der Waals surface area contributed by atoms with E-state index in [1.807, 2.05) is 11.6 Å². The summed E-state index contributed by atoms with van der Waals surface area (Å²) in [7, 11) is 1.99. The number of fused-ring (bicyclic) bond motifs is 1. The van der Waals surface area contributed by atoms with Crippen LogP contribution < -0.4 is 5.73 Å². The summed E-state index contributed by atoms with van der Waals surface area (Å²) in [6, 6.07) is 0. The van der Waals surface area contributed by atoms with Gasteiger partial charge in [-0.2, -0.15) is 0 Å². The largest absolute Gasteiger partial charge is 0.394 e. The predicted molar refractivity (Wildman–Crippen MR) is 68.2 cm³/mol. The van der Waals surface area contributed by atoms with Crippen LogP contribution in [0.3, 0.4) is 0 Å². The van der Waals surface area contributed by atoms with Gasteiger partial charge in [0.1, 0.15) is 18.1 Å². The number of anilines is 1. The predicted octanol–water partition coefficient (Wildman–Crippen LogP) is -0.770. The summed E-state index contributed by atoms with van der Waals surface area (Å²) in [6.45, 7) is 1.40. The van der Waals surface area contributed by atoms with Gasteiger partial charge in [-0.05, 0) is 7.05 Å².